The van der Waals surface area contributed by atoms with E-state index in [0.29, 0.717) is 22.8 Å². The molecule has 0 spiro atoms. The lowest BCUT2D eigenvalue weighted by Crippen LogP contribution is -2.02. The number of halogens is 2. The number of nitrogens with one attached hydrogen (secondary N) is 1. The Hall–Kier alpha value is -2.17. The third kappa shape index (κ3) is 3.07. The number of aromatic nitrogens is 4. The van der Waals surface area contributed by atoms with Crippen molar-refractivity contribution in [2.75, 3.05) is 5.32 Å². The van der Waals surface area contributed by atoms with Crippen molar-refractivity contribution in [2.45, 2.75) is 19.4 Å². The molecular formula is C16H12BrClN6. The van der Waals surface area contributed by atoms with Crippen LogP contribution in [-0.2, 0) is 6.54 Å². The second-order valence-electron chi connectivity index (χ2n) is 5.82. The van der Waals surface area contributed by atoms with Gasteiger partial charge in [0.05, 0.1) is 18.0 Å². The zero-order valence-corrected chi connectivity index (χ0v) is 14.8. The zero-order chi connectivity index (χ0) is 16.7. The molecule has 1 saturated carbocycles. The summed E-state index contributed by atoms with van der Waals surface area (Å²) in [5.41, 5.74) is 2.66. The number of imidazole rings is 1. The van der Waals surface area contributed by atoms with E-state index in [9.17, 15) is 0 Å². The predicted octanol–water partition coefficient (Wildman–Crippen LogP) is 4.27. The molecule has 2 heterocycles. The standard InChI is InChI=1S/C16H12BrClN6/c17-11-3-10(6-19)4-12(5-11)21-14-13-15(23-16(18)22-14)24(8-20-13)7-9-1-2-9/h3-5,8-9H,1-2,7H2,(H,21,22,23). The maximum absolute atomic E-state index is 9.10. The number of fused-ring (bicyclic) bond motifs is 1. The fraction of sp³-hybridized carbons (Fsp3) is 0.250. The molecule has 0 atom stereocenters. The second kappa shape index (κ2) is 6.04. The van der Waals surface area contributed by atoms with E-state index in [4.69, 9.17) is 16.9 Å². The van der Waals surface area contributed by atoms with Crippen LogP contribution in [0.25, 0.3) is 11.2 Å². The van der Waals surface area contributed by atoms with E-state index in [1.807, 2.05) is 10.6 Å². The third-order valence-electron chi connectivity index (χ3n) is 3.88. The van der Waals surface area contributed by atoms with E-state index in [1.54, 1.807) is 18.5 Å². The van der Waals surface area contributed by atoms with Crippen LogP contribution >= 0.6 is 27.5 Å². The van der Waals surface area contributed by atoms with Crippen molar-refractivity contribution in [3.63, 3.8) is 0 Å². The summed E-state index contributed by atoms with van der Waals surface area (Å²) in [6.07, 6.45) is 4.28. The van der Waals surface area contributed by atoms with Crippen molar-refractivity contribution in [3.05, 3.63) is 39.8 Å². The van der Waals surface area contributed by atoms with Gasteiger partial charge in [0.25, 0.3) is 0 Å². The average Bonchev–Trinajstić information content (AvgIpc) is 3.27. The Bertz CT molecular complexity index is 973. The first-order chi connectivity index (χ1) is 11.6. The third-order valence-corrected chi connectivity index (χ3v) is 4.50. The molecule has 0 radical (unpaired) electrons. The molecule has 1 fully saturated rings. The van der Waals surface area contributed by atoms with Crippen LogP contribution in [-0.4, -0.2) is 19.5 Å². The molecule has 6 nitrogen and oxygen atoms in total. The molecule has 120 valence electrons. The number of hydrogen-bond donors (Lipinski definition) is 1. The fourth-order valence-electron chi connectivity index (χ4n) is 2.58. The van der Waals surface area contributed by atoms with Gasteiger partial charge in [0.15, 0.2) is 17.0 Å². The quantitative estimate of drug-likeness (QED) is 0.658. The predicted molar refractivity (Wildman–Crippen MR) is 95.2 cm³/mol. The summed E-state index contributed by atoms with van der Waals surface area (Å²) in [7, 11) is 0. The number of nitrogens with zero attached hydrogens (tertiary/aromatic N) is 5. The highest BCUT2D eigenvalue weighted by molar-refractivity contribution is 9.10. The summed E-state index contributed by atoms with van der Waals surface area (Å²) in [5.74, 6) is 1.23. The van der Waals surface area contributed by atoms with Gasteiger partial charge < -0.3 is 9.88 Å². The average molecular weight is 404 g/mol. The van der Waals surface area contributed by atoms with Gasteiger partial charge in [-0.05, 0) is 48.6 Å². The van der Waals surface area contributed by atoms with Crippen molar-refractivity contribution >= 4 is 50.2 Å². The number of hydrogen-bond acceptors (Lipinski definition) is 5. The Morgan fingerprint density at radius 1 is 1.33 bits per heavy atom. The summed E-state index contributed by atoms with van der Waals surface area (Å²) < 4.78 is 2.83. The van der Waals surface area contributed by atoms with Gasteiger partial charge in [0.2, 0.25) is 5.28 Å². The van der Waals surface area contributed by atoms with Crippen molar-refractivity contribution in [3.8, 4) is 6.07 Å². The van der Waals surface area contributed by atoms with E-state index < -0.39 is 0 Å². The van der Waals surface area contributed by atoms with Crippen LogP contribution in [0.5, 0.6) is 0 Å². The van der Waals surface area contributed by atoms with Gasteiger partial charge >= 0.3 is 0 Å². The van der Waals surface area contributed by atoms with Gasteiger partial charge in [-0.2, -0.15) is 15.2 Å². The monoisotopic (exact) mass is 402 g/mol. The molecular weight excluding hydrogens is 392 g/mol. The molecule has 0 unspecified atom stereocenters. The SMILES string of the molecule is N#Cc1cc(Br)cc(Nc2nc(Cl)nc3c2ncn3CC2CC2)c1. The molecule has 0 aliphatic heterocycles. The molecule has 2 aromatic heterocycles. The Kier molecular flexibility index (Phi) is 3.87. The van der Waals surface area contributed by atoms with Gasteiger partial charge in [-0.25, -0.2) is 4.98 Å². The summed E-state index contributed by atoms with van der Waals surface area (Å²) in [6.45, 7) is 0.902. The Labute approximate surface area is 151 Å². The van der Waals surface area contributed by atoms with Crippen LogP contribution in [0, 0.1) is 17.2 Å². The minimum absolute atomic E-state index is 0.165. The Morgan fingerprint density at radius 3 is 2.92 bits per heavy atom. The largest absolute Gasteiger partial charge is 0.338 e. The number of nitriles is 1. The summed E-state index contributed by atoms with van der Waals surface area (Å²) in [6, 6.07) is 7.48. The summed E-state index contributed by atoms with van der Waals surface area (Å²) in [5, 5.41) is 12.5. The second-order valence-corrected chi connectivity index (χ2v) is 7.07. The van der Waals surface area contributed by atoms with E-state index in [-0.39, 0.29) is 5.28 Å². The molecule has 8 heteroatoms. The van der Waals surface area contributed by atoms with Gasteiger partial charge in [0.1, 0.15) is 0 Å². The molecule has 4 rings (SSSR count). The van der Waals surface area contributed by atoms with Crippen LogP contribution in [0.1, 0.15) is 18.4 Å². The highest BCUT2D eigenvalue weighted by Crippen LogP contribution is 2.32. The molecule has 1 N–H and O–H groups in total. The molecule has 24 heavy (non-hydrogen) atoms. The normalized spacial score (nSPS) is 13.9. The molecule has 1 aliphatic rings. The molecule has 1 aliphatic carbocycles. The molecule has 0 saturated heterocycles. The lowest BCUT2D eigenvalue weighted by atomic mass is 10.2. The first-order valence-electron chi connectivity index (χ1n) is 7.48. The summed E-state index contributed by atoms with van der Waals surface area (Å²) >= 11 is 9.50. The van der Waals surface area contributed by atoms with E-state index in [0.717, 1.165) is 22.4 Å². The number of rotatable bonds is 4. The van der Waals surface area contributed by atoms with Crippen LogP contribution < -0.4 is 5.32 Å². The highest BCUT2D eigenvalue weighted by atomic mass is 79.9. The van der Waals surface area contributed by atoms with Gasteiger partial charge in [0, 0.05) is 16.7 Å². The molecule has 0 bridgehead atoms. The topological polar surface area (TPSA) is 79.4 Å². The molecule has 1 aromatic carbocycles. The van der Waals surface area contributed by atoms with Crippen molar-refractivity contribution in [1.29, 1.82) is 5.26 Å². The lowest BCUT2D eigenvalue weighted by molar-refractivity contribution is 0.638. The van der Waals surface area contributed by atoms with Crippen LogP contribution in [0.15, 0.2) is 29.0 Å². The van der Waals surface area contributed by atoms with Crippen molar-refractivity contribution in [1.82, 2.24) is 19.5 Å². The van der Waals surface area contributed by atoms with E-state index >= 15 is 0 Å². The summed E-state index contributed by atoms with van der Waals surface area (Å²) in [4.78, 5) is 13.0. The van der Waals surface area contributed by atoms with Crippen molar-refractivity contribution in [2.24, 2.45) is 5.92 Å². The highest BCUT2D eigenvalue weighted by Gasteiger charge is 2.23. The Morgan fingerprint density at radius 2 is 2.17 bits per heavy atom. The number of anilines is 2. The maximum Gasteiger partial charge on any atom is 0.226 e. The van der Waals surface area contributed by atoms with Crippen molar-refractivity contribution < 1.29 is 0 Å². The molecule has 0 amide bonds. The van der Waals surface area contributed by atoms with Gasteiger partial charge in [-0.3, -0.25) is 0 Å². The van der Waals surface area contributed by atoms with Gasteiger partial charge in [-0.15, -0.1) is 0 Å². The van der Waals surface area contributed by atoms with E-state index in [1.165, 1.54) is 12.8 Å². The fourth-order valence-corrected chi connectivity index (χ4v) is 3.24. The molecule has 3 aromatic rings. The first kappa shape index (κ1) is 15.4. The first-order valence-corrected chi connectivity index (χ1v) is 8.65. The van der Waals surface area contributed by atoms with Crippen LogP contribution in [0.2, 0.25) is 5.28 Å². The Balaban J connectivity index is 1.75. The number of benzene rings is 1. The zero-order valence-electron chi connectivity index (χ0n) is 12.5. The van der Waals surface area contributed by atoms with E-state index in [2.05, 4.69) is 42.3 Å². The minimum atomic E-state index is 0.165. The maximum atomic E-state index is 9.10. The smallest absolute Gasteiger partial charge is 0.226 e. The van der Waals surface area contributed by atoms with Crippen LogP contribution in [0.3, 0.4) is 0 Å². The minimum Gasteiger partial charge on any atom is -0.338 e. The van der Waals surface area contributed by atoms with Crippen LogP contribution in [0.4, 0.5) is 11.5 Å². The lowest BCUT2D eigenvalue weighted by Gasteiger charge is -2.08. The van der Waals surface area contributed by atoms with Gasteiger partial charge in [-0.1, -0.05) is 15.9 Å².